The van der Waals surface area contributed by atoms with Crippen LogP contribution < -0.4 is 0 Å². The Kier molecular flexibility index (Phi) is 6.53. The van der Waals surface area contributed by atoms with E-state index in [1.54, 1.807) is 0 Å². The first-order valence-electron chi connectivity index (χ1n) is 18.9. The second kappa shape index (κ2) is 11.9. The topological polar surface area (TPSA) is 53.7 Å². The maximum absolute atomic E-state index is 6.75. The van der Waals surface area contributed by atoms with Gasteiger partial charge in [-0.15, -0.1) is 5.10 Å². The van der Waals surface area contributed by atoms with Crippen LogP contribution in [0.1, 0.15) is 0 Å². The summed E-state index contributed by atoms with van der Waals surface area (Å²) in [5, 5.41) is 12.0. The summed E-state index contributed by atoms with van der Waals surface area (Å²) >= 11 is 0. The van der Waals surface area contributed by atoms with Gasteiger partial charge in [-0.3, -0.25) is 0 Å². The summed E-state index contributed by atoms with van der Waals surface area (Å²) in [4.78, 5) is 5.31. The first-order chi connectivity index (χ1) is 27.8. The van der Waals surface area contributed by atoms with Crippen molar-refractivity contribution in [3.63, 3.8) is 0 Å². The van der Waals surface area contributed by atoms with E-state index >= 15 is 0 Å². The Bertz CT molecular complexity index is 3480. The van der Waals surface area contributed by atoms with Crippen molar-refractivity contribution in [2.24, 2.45) is 0 Å². The van der Waals surface area contributed by atoms with Crippen LogP contribution in [0.15, 0.2) is 192 Å². The molecule has 0 N–H and O–H groups in total. The fraction of sp³-hybridized carbons (Fsp3) is 0. The standard InChI is InChI=1S/C50H31N5O/c1-3-16-32(17-4-1)49-51-50(55(52-49)33-18-5-2-6-19-33)40-24-15-23-37-34-20-7-10-25-41(34)53(46(37)40)43-27-12-13-28-44(43)54-42-26-11-8-21-35(42)38-30-31-39-36-22-9-14-29-45(36)56-48(39)47(38)54/h1-31H. The smallest absolute Gasteiger partial charge is 0.182 e. The third-order valence-corrected chi connectivity index (χ3v) is 11.1. The average molecular weight is 718 g/mol. The molecule has 0 saturated heterocycles. The van der Waals surface area contributed by atoms with Crippen LogP contribution in [0.5, 0.6) is 0 Å². The monoisotopic (exact) mass is 717 g/mol. The van der Waals surface area contributed by atoms with E-state index in [0.717, 1.165) is 94.2 Å². The summed E-state index contributed by atoms with van der Waals surface area (Å²) in [7, 11) is 0. The lowest BCUT2D eigenvalue weighted by Gasteiger charge is -2.18. The lowest BCUT2D eigenvalue weighted by molar-refractivity contribution is 0.671. The number of aromatic nitrogens is 5. The predicted molar refractivity (Wildman–Crippen MR) is 228 cm³/mol. The van der Waals surface area contributed by atoms with Gasteiger partial charge in [-0.1, -0.05) is 133 Å². The molecule has 0 spiro atoms. The molecule has 8 aromatic carbocycles. The molecule has 4 aromatic heterocycles. The van der Waals surface area contributed by atoms with E-state index in [9.17, 15) is 0 Å². The molecule has 12 aromatic rings. The van der Waals surface area contributed by atoms with Crippen molar-refractivity contribution < 1.29 is 4.42 Å². The molecule has 6 nitrogen and oxygen atoms in total. The molecule has 0 saturated carbocycles. The molecule has 6 heteroatoms. The summed E-state index contributed by atoms with van der Waals surface area (Å²) in [6.07, 6.45) is 0. The highest BCUT2D eigenvalue weighted by Gasteiger charge is 2.25. The van der Waals surface area contributed by atoms with Crippen molar-refractivity contribution in [3.05, 3.63) is 188 Å². The van der Waals surface area contributed by atoms with Crippen molar-refractivity contribution in [2.45, 2.75) is 0 Å². The van der Waals surface area contributed by atoms with Crippen LogP contribution in [-0.4, -0.2) is 23.9 Å². The summed E-state index contributed by atoms with van der Waals surface area (Å²) in [6, 6.07) is 65.9. The molecule has 4 heterocycles. The van der Waals surface area contributed by atoms with Crippen LogP contribution in [-0.2, 0) is 0 Å². The highest BCUT2D eigenvalue weighted by atomic mass is 16.3. The largest absolute Gasteiger partial charge is 0.454 e. The van der Waals surface area contributed by atoms with E-state index in [-0.39, 0.29) is 0 Å². The molecule has 0 unspecified atom stereocenters. The molecule has 0 radical (unpaired) electrons. The van der Waals surface area contributed by atoms with Gasteiger partial charge in [0.25, 0.3) is 0 Å². The Hall–Kier alpha value is -7.70. The highest BCUT2D eigenvalue weighted by molar-refractivity contribution is 6.22. The summed E-state index contributed by atoms with van der Waals surface area (Å²) in [5.41, 5.74) is 11.0. The minimum absolute atomic E-state index is 0.671. The minimum atomic E-state index is 0.671. The molecule has 0 atom stereocenters. The number of hydrogen-bond donors (Lipinski definition) is 0. The third kappa shape index (κ3) is 4.38. The molecule has 0 fully saturated rings. The molecular formula is C50H31N5O. The van der Waals surface area contributed by atoms with Gasteiger partial charge < -0.3 is 13.6 Å². The number of benzene rings is 8. The molecule has 0 amide bonds. The molecule has 0 aliphatic heterocycles. The van der Waals surface area contributed by atoms with Crippen LogP contribution in [0.4, 0.5) is 0 Å². The Morgan fingerprint density at radius 3 is 1.70 bits per heavy atom. The quantitative estimate of drug-likeness (QED) is 0.178. The second-order valence-corrected chi connectivity index (χ2v) is 14.2. The van der Waals surface area contributed by atoms with Gasteiger partial charge in [0.05, 0.1) is 39.1 Å². The van der Waals surface area contributed by atoms with E-state index < -0.39 is 0 Å². The zero-order chi connectivity index (χ0) is 36.7. The summed E-state index contributed by atoms with van der Waals surface area (Å²) < 4.78 is 13.6. The van der Waals surface area contributed by atoms with Crippen LogP contribution in [0.25, 0.3) is 105 Å². The average Bonchev–Trinajstić information content (AvgIpc) is 4.04. The van der Waals surface area contributed by atoms with E-state index in [2.05, 4.69) is 155 Å². The van der Waals surface area contributed by atoms with Crippen LogP contribution in [0, 0.1) is 0 Å². The van der Waals surface area contributed by atoms with E-state index in [0.29, 0.717) is 5.82 Å². The van der Waals surface area contributed by atoms with E-state index in [1.165, 1.54) is 5.39 Å². The predicted octanol–water partition coefficient (Wildman–Crippen LogP) is 12.7. The molecule has 262 valence electrons. The molecule has 0 aliphatic rings. The Balaban J connectivity index is 1.20. The van der Waals surface area contributed by atoms with Crippen molar-refractivity contribution in [1.29, 1.82) is 0 Å². The fourth-order valence-electron chi connectivity index (χ4n) is 8.72. The lowest BCUT2D eigenvalue weighted by Crippen LogP contribution is -2.05. The second-order valence-electron chi connectivity index (χ2n) is 14.2. The zero-order valence-electron chi connectivity index (χ0n) is 30.0. The Labute approximate surface area is 320 Å². The van der Waals surface area contributed by atoms with Crippen molar-refractivity contribution in [2.75, 3.05) is 0 Å². The number of para-hydroxylation sites is 7. The number of fused-ring (bicyclic) bond motifs is 10. The van der Waals surface area contributed by atoms with Gasteiger partial charge in [0, 0.05) is 43.4 Å². The number of rotatable bonds is 5. The van der Waals surface area contributed by atoms with E-state index in [4.69, 9.17) is 14.5 Å². The van der Waals surface area contributed by atoms with Gasteiger partial charge in [-0.25, -0.2) is 9.67 Å². The third-order valence-electron chi connectivity index (χ3n) is 11.1. The van der Waals surface area contributed by atoms with Crippen molar-refractivity contribution in [3.8, 4) is 39.8 Å². The van der Waals surface area contributed by atoms with Crippen LogP contribution >= 0.6 is 0 Å². The minimum Gasteiger partial charge on any atom is -0.454 e. The SMILES string of the molecule is c1ccc(-c2nc(-c3cccc4c5ccccc5n(-c5ccccc5-n5c6ccccc6c6ccc7c8ccccc8oc7c65)c34)n(-c3ccccc3)n2)cc1. The Morgan fingerprint density at radius 1 is 0.411 bits per heavy atom. The van der Waals surface area contributed by atoms with Gasteiger partial charge in [-0.2, -0.15) is 0 Å². The number of furan rings is 1. The maximum atomic E-state index is 6.75. The molecular weight excluding hydrogens is 687 g/mol. The van der Waals surface area contributed by atoms with Crippen LogP contribution in [0.3, 0.4) is 0 Å². The summed E-state index contributed by atoms with van der Waals surface area (Å²) in [5.74, 6) is 1.44. The highest BCUT2D eigenvalue weighted by Crippen LogP contribution is 2.44. The zero-order valence-corrected chi connectivity index (χ0v) is 30.0. The summed E-state index contributed by atoms with van der Waals surface area (Å²) in [6.45, 7) is 0. The van der Waals surface area contributed by atoms with Gasteiger partial charge in [0.2, 0.25) is 0 Å². The first kappa shape index (κ1) is 30.7. The maximum Gasteiger partial charge on any atom is 0.182 e. The van der Waals surface area contributed by atoms with Gasteiger partial charge in [0.15, 0.2) is 17.2 Å². The van der Waals surface area contributed by atoms with Crippen molar-refractivity contribution in [1.82, 2.24) is 23.9 Å². The molecule has 0 bridgehead atoms. The fourth-order valence-corrected chi connectivity index (χ4v) is 8.72. The van der Waals surface area contributed by atoms with E-state index in [1.807, 2.05) is 47.1 Å². The van der Waals surface area contributed by atoms with Gasteiger partial charge >= 0.3 is 0 Å². The Morgan fingerprint density at radius 2 is 0.964 bits per heavy atom. The van der Waals surface area contributed by atoms with Crippen LogP contribution in [0.2, 0.25) is 0 Å². The molecule has 12 rings (SSSR count). The molecule has 0 aliphatic carbocycles. The van der Waals surface area contributed by atoms with Gasteiger partial charge in [0.1, 0.15) is 5.58 Å². The van der Waals surface area contributed by atoms with Crippen molar-refractivity contribution >= 4 is 65.6 Å². The normalized spacial score (nSPS) is 11.9. The molecule has 56 heavy (non-hydrogen) atoms. The number of nitrogens with zero attached hydrogens (tertiary/aromatic N) is 5. The number of hydrogen-bond acceptors (Lipinski definition) is 3. The lowest BCUT2D eigenvalue weighted by atomic mass is 10.1. The van der Waals surface area contributed by atoms with Gasteiger partial charge in [-0.05, 0) is 54.6 Å². The first-order valence-corrected chi connectivity index (χ1v) is 18.9.